The lowest BCUT2D eigenvalue weighted by molar-refractivity contribution is 0.316. The van der Waals surface area contributed by atoms with E-state index in [-0.39, 0.29) is 5.41 Å². The molecular weight excluding hydrogens is 299 g/mol. The van der Waals surface area contributed by atoms with Crippen molar-refractivity contribution in [3.05, 3.63) is 28.2 Å². The highest BCUT2D eigenvalue weighted by Gasteiger charge is 2.27. The van der Waals surface area contributed by atoms with E-state index >= 15 is 0 Å². The summed E-state index contributed by atoms with van der Waals surface area (Å²) in [6.07, 6.45) is 1.11. The quantitative estimate of drug-likeness (QED) is 0.759. The molecule has 2 nitrogen and oxygen atoms in total. The SMILES string of the molecule is CC(C)(C)C1CCSC(Nc2cc(Cl)ccc2Cl)=N1. The Hall–Kier alpha value is -0.380. The van der Waals surface area contributed by atoms with E-state index in [1.807, 2.05) is 6.07 Å². The first kappa shape index (κ1) is 15.0. The van der Waals surface area contributed by atoms with Crippen LogP contribution < -0.4 is 5.32 Å². The van der Waals surface area contributed by atoms with Crippen LogP contribution in [0.4, 0.5) is 5.69 Å². The molecule has 0 amide bonds. The van der Waals surface area contributed by atoms with Gasteiger partial charge in [-0.2, -0.15) is 0 Å². The first-order chi connectivity index (χ1) is 8.86. The van der Waals surface area contributed by atoms with Crippen LogP contribution >= 0.6 is 35.0 Å². The van der Waals surface area contributed by atoms with Gasteiger partial charge in [0.25, 0.3) is 0 Å². The molecule has 1 aromatic rings. The largest absolute Gasteiger partial charge is 0.334 e. The normalized spacial score (nSPS) is 20.1. The van der Waals surface area contributed by atoms with Crippen LogP contribution in [-0.4, -0.2) is 17.0 Å². The summed E-state index contributed by atoms with van der Waals surface area (Å²) < 4.78 is 0. The molecule has 1 heterocycles. The predicted molar refractivity (Wildman–Crippen MR) is 87.8 cm³/mol. The van der Waals surface area contributed by atoms with Crippen molar-refractivity contribution >= 4 is 45.8 Å². The van der Waals surface area contributed by atoms with Gasteiger partial charge in [-0.3, -0.25) is 4.99 Å². The van der Waals surface area contributed by atoms with Gasteiger partial charge in [0.1, 0.15) is 0 Å². The molecule has 2 rings (SSSR count). The highest BCUT2D eigenvalue weighted by molar-refractivity contribution is 8.14. The molecule has 0 spiro atoms. The van der Waals surface area contributed by atoms with E-state index in [9.17, 15) is 0 Å². The van der Waals surface area contributed by atoms with E-state index in [2.05, 4.69) is 26.1 Å². The number of amidine groups is 1. The minimum absolute atomic E-state index is 0.187. The summed E-state index contributed by atoms with van der Waals surface area (Å²) in [4.78, 5) is 4.79. The Morgan fingerprint density at radius 3 is 2.74 bits per heavy atom. The zero-order chi connectivity index (χ0) is 14.0. The van der Waals surface area contributed by atoms with Gasteiger partial charge in [0, 0.05) is 10.8 Å². The second-order valence-electron chi connectivity index (χ2n) is 5.70. The molecule has 0 fully saturated rings. The molecule has 1 aliphatic heterocycles. The van der Waals surface area contributed by atoms with E-state index < -0.39 is 0 Å². The molecule has 1 aromatic carbocycles. The molecule has 0 aromatic heterocycles. The molecule has 19 heavy (non-hydrogen) atoms. The Morgan fingerprint density at radius 2 is 2.05 bits per heavy atom. The Balaban J connectivity index is 2.18. The fraction of sp³-hybridized carbons (Fsp3) is 0.500. The summed E-state index contributed by atoms with van der Waals surface area (Å²) in [7, 11) is 0. The second kappa shape index (κ2) is 5.94. The number of hydrogen-bond acceptors (Lipinski definition) is 3. The molecular formula is C14H18Cl2N2S. The Morgan fingerprint density at radius 1 is 1.32 bits per heavy atom. The monoisotopic (exact) mass is 316 g/mol. The second-order valence-corrected chi connectivity index (χ2v) is 7.63. The van der Waals surface area contributed by atoms with Crippen molar-refractivity contribution < 1.29 is 0 Å². The molecule has 0 saturated heterocycles. The van der Waals surface area contributed by atoms with Gasteiger partial charge in [-0.1, -0.05) is 55.7 Å². The average Bonchev–Trinajstić information content (AvgIpc) is 2.33. The molecule has 1 N–H and O–H groups in total. The number of thioether (sulfide) groups is 1. The molecule has 5 heteroatoms. The zero-order valence-electron chi connectivity index (χ0n) is 11.3. The molecule has 104 valence electrons. The molecule has 1 atom stereocenters. The van der Waals surface area contributed by atoms with Crippen molar-refractivity contribution in [2.45, 2.75) is 33.2 Å². The smallest absolute Gasteiger partial charge is 0.161 e. The third kappa shape index (κ3) is 4.04. The first-order valence-corrected chi connectivity index (χ1v) is 8.03. The third-order valence-electron chi connectivity index (χ3n) is 3.07. The lowest BCUT2D eigenvalue weighted by Crippen LogP contribution is -2.30. The number of hydrogen-bond donors (Lipinski definition) is 1. The van der Waals surface area contributed by atoms with E-state index in [0.717, 1.165) is 23.0 Å². The molecule has 0 radical (unpaired) electrons. The maximum atomic E-state index is 6.16. The van der Waals surface area contributed by atoms with Crippen LogP contribution in [0.3, 0.4) is 0 Å². The van der Waals surface area contributed by atoms with Crippen molar-refractivity contribution in [3.8, 4) is 0 Å². The van der Waals surface area contributed by atoms with E-state index in [0.29, 0.717) is 16.1 Å². The van der Waals surface area contributed by atoms with Crippen molar-refractivity contribution in [1.82, 2.24) is 0 Å². The summed E-state index contributed by atoms with van der Waals surface area (Å²) in [5.74, 6) is 1.08. The van der Waals surface area contributed by atoms with Gasteiger partial charge in [-0.15, -0.1) is 0 Å². The topological polar surface area (TPSA) is 24.4 Å². The lowest BCUT2D eigenvalue weighted by atomic mass is 9.85. The molecule has 0 bridgehead atoms. The number of nitrogens with one attached hydrogen (secondary N) is 1. The Bertz CT molecular complexity index is 495. The minimum Gasteiger partial charge on any atom is -0.334 e. The highest BCUT2D eigenvalue weighted by atomic mass is 35.5. The van der Waals surface area contributed by atoms with E-state index in [1.165, 1.54) is 0 Å². The standard InChI is InChI=1S/C14H18Cl2N2S/c1-14(2,3)12-6-7-19-13(18-12)17-11-8-9(15)4-5-10(11)16/h4-5,8,12H,6-7H2,1-3H3,(H,17,18). The number of anilines is 1. The van der Waals surface area contributed by atoms with Crippen LogP contribution in [0.25, 0.3) is 0 Å². The van der Waals surface area contributed by atoms with Crippen molar-refractivity contribution in [2.24, 2.45) is 10.4 Å². The van der Waals surface area contributed by atoms with Crippen LogP contribution in [0.15, 0.2) is 23.2 Å². The molecule has 0 saturated carbocycles. The predicted octanol–water partition coefficient (Wildman–Crippen LogP) is 5.31. The third-order valence-corrected chi connectivity index (χ3v) is 4.56. The van der Waals surface area contributed by atoms with Crippen LogP contribution in [0.5, 0.6) is 0 Å². The Labute approximate surface area is 129 Å². The van der Waals surface area contributed by atoms with E-state index in [1.54, 1.807) is 23.9 Å². The van der Waals surface area contributed by atoms with Gasteiger partial charge in [-0.25, -0.2) is 0 Å². The average molecular weight is 317 g/mol. The van der Waals surface area contributed by atoms with Gasteiger partial charge in [-0.05, 0) is 30.0 Å². The number of aliphatic imine (C=N–C) groups is 1. The summed E-state index contributed by atoms with van der Waals surface area (Å²) in [5, 5.41) is 5.54. The van der Waals surface area contributed by atoms with Crippen molar-refractivity contribution in [2.75, 3.05) is 11.1 Å². The first-order valence-electron chi connectivity index (χ1n) is 6.29. The summed E-state index contributed by atoms with van der Waals surface area (Å²) in [6.45, 7) is 6.67. The number of benzene rings is 1. The zero-order valence-corrected chi connectivity index (χ0v) is 13.7. The number of halogens is 2. The van der Waals surface area contributed by atoms with Gasteiger partial charge < -0.3 is 5.32 Å². The minimum atomic E-state index is 0.187. The highest BCUT2D eigenvalue weighted by Crippen LogP contribution is 2.32. The number of nitrogens with zero attached hydrogens (tertiary/aromatic N) is 1. The van der Waals surface area contributed by atoms with E-state index in [4.69, 9.17) is 28.2 Å². The van der Waals surface area contributed by atoms with Gasteiger partial charge in [0.05, 0.1) is 16.8 Å². The van der Waals surface area contributed by atoms with Crippen LogP contribution in [-0.2, 0) is 0 Å². The summed E-state index contributed by atoms with van der Waals surface area (Å²) in [6, 6.07) is 5.74. The maximum absolute atomic E-state index is 6.16. The van der Waals surface area contributed by atoms with Gasteiger partial charge >= 0.3 is 0 Å². The van der Waals surface area contributed by atoms with Crippen molar-refractivity contribution in [1.29, 1.82) is 0 Å². The fourth-order valence-corrected chi connectivity index (χ4v) is 3.17. The van der Waals surface area contributed by atoms with Crippen molar-refractivity contribution in [3.63, 3.8) is 0 Å². The fourth-order valence-electron chi connectivity index (χ4n) is 1.91. The van der Waals surface area contributed by atoms with Gasteiger partial charge in [0.15, 0.2) is 5.17 Å². The lowest BCUT2D eigenvalue weighted by Gasteiger charge is -2.31. The molecule has 1 unspecified atom stereocenters. The van der Waals surface area contributed by atoms with Gasteiger partial charge in [0.2, 0.25) is 0 Å². The van der Waals surface area contributed by atoms with Crippen LogP contribution in [0, 0.1) is 5.41 Å². The summed E-state index contributed by atoms with van der Waals surface area (Å²) in [5.41, 5.74) is 1.00. The van der Waals surface area contributed by atoms with Crippen LogP contribution in [0.1, 0.15) is 27.2 Å². The maximum Gasteiger partial charge on any atom is 0.161 e. The Kier molecular flexibility index (Phi) is 4.70. The molecule has 1 aliphatic rings. The number of rotatable bonds is 1. The molecule has 0 aliphatic carbocycles. The van der Waals surface area contributed by atoms with Crippen LogP contribution in [0.2, 0.25) is 10.0 Å². The summed E-state index contributed by atoms with van der Waals surface area (Å²) >= 11 is 13.9.